The molecule has 0 amide bonds. The van der Waals surface area contributed by atoms with Gasteiger partial charge in [0.2, 0.25) is 0 Å². The zero-order chi connectivity index (χ0) is 14.7. The fourth-order valence-electron chi connectivity index (χ4n) is 2.13. The van der Waals surface area contributed by atoms with Crippen LogP contribution < -0.4 is 4.74 Å². The number of imidazole rings is 1. The largest absolute Gasteiger partial charge is 0.492 e. The molecule has 1 heterocycles. The Hall–Kier alpha value is -2.30. The number of carboxylic acid groups (broad SMARTS) is 1. The average molecular weight is 274 g/mol. The van der Waals surface area contributed by atoms with Crippen molar-refractivity contribution in [3.63, 3.8) is 0 Å². The van der Waals surface area contributed by atoms with Gasteiger partial charge in [-0.05, 0) is 39.0 Å². The van der Waals surface area contributed by atoms with Crippen molar-refractivity contribution in [1.82, 2.24) is 9.55 Å². The lowest BCUT2D eigenvalue weighted by Crippen LogP contribution is -2.11. The summed E-state index contributed by atoms with van der Waals surface area (Å²) in [5.74, 6) is 0.576. The highest BCUT2D eigenvalue weighted by Gasteiger charge is 2.07. The number of ether oxygens (including phenoxy) is 1. The molecular formula is C15H18N2O3. The summed E-state index contributed by atoms with van der Waals surface area (Å²) < 4.78 is 7.70. The van der Waals surface area contributed by atoms with Crippen molar-refractivity contribution in [3.05, 3.63) is 47.0 Å². The lowest BCUT2D eigenvalue weighted by Gasteiger charge is -2.10. The van der Waals surface area contributed by atoms with E-state index >= 15 is 0 Å². The summed E-state index contributed by atoms with van der Waals surface area (Å²) in [4.78, 5) is 15.3. The minimum Gasteiger partial charge on any atom is -0.492 e. The van der Waals surface area contributed by atoms with E-state index in [1.807, 2.05) is 20.8 Å². The first-order valence-electron chi connectivity index (χ1n) is 6.45. The normalized spacial score (nSPS) is 10.6. The van der Waals surface area contributed by atoms with Gasteiger partial charge in [0.25, 0.3) is 0 Å². The molecule has 2 rings (SSSR count). The highest BCUT2D eigenvalue weighted by molar-refractivity contribution is 5.87. The van der Waals surface area contributed by atoms with E-state index in [2.05, 4.69) is 9.55 Å². The Balaban J connectivity index is 1.99. The van der Waals surface area contributed by atoms with E-state index in [0.29, 0.717) is 18.9 Å². The molecule has 0 fully saturated rings. The Morgan fingerprint density at radius 3 is 2.70 bits per heavy atom. The van der Waals surface area contributed by atoms with Crippen molar-refractivity contribution in [2.24, 2.45) is 0 Å². The van der Waals surface area contributed by atoms with Gasteiger partial charge in [-0.2, -0.15) is 0 Å². The summed E-state index contributed by atoms with van der Waals surface area (Å²) in [6.45, 7) is 7.14. The van der Waals surface area contributed by atoms with E-state index < -0.39 is 5.97 Å². The van der Waals surface area contributed by atoms with Gasteiger partial charge in [-0.3, -0.25) is 0 Å². The summed E-state index contributed by atoms with van der Waals surface area (Å²) in [5, 5.41) is 8.92. The Morgan fingerprint density at radius 2 is 2.10 bits per heavy atom. The van der Waals surface area contributed by atoms with Crippen molar-refractivity contribution >= 4 is 5.97 Å². The van der Waals surface area contributed by atoms with Gasteiger partial charge >= 0.3 is 5.97 Å². The maximum atomic E-state index is 10.9. The topological polar surface area (TPSA) is 64.4 Å². The minimum atomic E-state index is -0.952. The zero-order valence-electron chi connectivity index (χ0n) is 11.9. The van der Waals surface area contributed by atoms with Crippen LogP contribution in [0.25, 0.3) is 0 Å². The molecule has 5 nitrogen and oxygen atoms in total. The predicted molar refractivity (Wildman–Crippen MR) is 75.3 cm³/mol. The fourth-order valence-corrected chi connectivity index (χ4v) is 2.13. The smallest absolute Gasteiger partial charge is 0.335 e. The first kappa shape index (κ1) is 14.1. The van der Waals surface area contributed by atoms with Gasteiger partial charge in [-0.25, -0.2) is 9.78 Å². The number of carbonyl (C=O) groups is 1. The first-order chi connectivity index (χ1) is 9.49. The minimum absolute atomic E-state index is 0.230. The Labute approximate surface area is 117 Å². The van der Waals surface area contributed by atoms with Gasteiger partial charge in [0.05, 0.1) is 17.8 Å². The number of benzene rings is 1. The molecule has 0 saturated heterocycles. The average Bonchev–Trinajstić information content (AvgIpc) is 2.65. The standard InChI is InChI=1S/C15H18N2O3/c1-10-11(2)17(12(3)16-10)7-8-20-14-6-4-5-13(9-14)15(18)19/h4-6,9H,7-8H2,1-3H3,(H,18,19). The van der Waals surface area contributed by atoms with Crippen LogP contribution in [-0.2, 0) is 6.54 Å². The van der Waals surface area contributed by atoms with Crippen LogP contribution >= 0.6 is 0 Å². The molecule has 1 aromatic carbocycles. The fraction of sp³-hybridized carbons (Fsp3) is 0.333. The third-order valence-corrected chi connectivity index (χ3v) is 3.31. The van der Waals surface area contributed by atoms with Crippen molar-refractivity contribution in [2.75, 3.05) is 6.61 Å². The Kier molecular flexibility index (Phi) is 4.08. The highest BCUT2D eigenvalue weighted by atomic mass is 16.5. The monoisotopic (exact) mass is 274 g/mol. The number of hydrogen-bond donors (Lipinski definition) is 1. The van der Waals surface area contributed by atoms with E-state index in [-0.39, 0.29) is 5.56 Å². The number of rotatable bonds is 5. The summed E-state index contributed by atoms with van der Waals surface area (Å²) in [6, 6.07) is 6.51. The molecule has 106 valence electrons. The maximum Gasteiger partial charge on any atom is 0.335 e. The van der Waals surface area contributed by atoms with E-state index in [0.717, 1.165) is 17.2 Å². The predicted octanol–water partition coefficient (Wildman–Crippen LogP) is 2.59. The third-order valence-electron chi connectivity index (χ3n) is 3.31. The number of aromatic carboxylic acids is 1. The van der Waals surface area contributed by atoms with E-state index in [1.54, 1.807) is 18.2 Å². The van der Waals surface area contributed by atoms with E-state index in [4.69, 9.17) is 9.84 Å². The zero-order valence-corrected chi connectivity index (χ0v) is 11.9. The molecular weight excluding hydrogens is 256 g/mol. The molecule has 0 aliphatic rings. The summed E-state index contributed by atoms with van der Waals surface area (Å²) in [7, 11) is 0. The van der Waals surface area contributed by atoms with Crippen LogP contribution in [0.1, 0.15) is 27.6 Å². The SMILES string of the molecule is Cc1nc(C)n(CCOc2cccc(C(=O)O)c2)c1C. The van der Waals surface area contributed by atoms with E-state index in [1.165, 1.54) is 6.07 Å². The van der Waals surface area contributed by atoms with Crippen LogP contribution in [0.2, 0.25) is 0 Å². The molecule has 0 aliphatic carbocycles. The van der Waals surface area contributed by atoms with Gasteiger partial charge in [0.1, 0.15) is 18.2 Å². The van der Waals surface area contributed by atoms with Crippen molar-refractivity contribution in [3.8, 4) is 5.75 Å². The summed E-state index contributed by atoms with van der Waals surface area (Å²) >= 11 is 0. The highest BCUT2D eigenvalue weighted by Crippen LogP contribution is 2.14. The van der Waals surface area contributed by atoms with Crippen molar-refractivity contribution in [2.45, 2.75) is 27.3 Å². The van der Waals surface area contributed by atoms with Crippen molar-refractivity contribution < 1.29 is 14.6 Å². The lowest BCUT2D eigenvalue weighted by atomic mass is 10.2. The Morgan fingerprint density at radius 1 is 1.35 bits per heavy atom. The molecule has 0 unspecified atom stereocenters. The molecule has 0 atom stereocenters. The molecule has 0 spiro atoms. The maximum absolute atomic E-state index is 10.9. The molecule has 1 aromatic heterocycles. The first-order valence-corrected chi connectivity index (χ1v) is 6.45. The molecule has 0 saturated carbocycles. The number of hydrogen-bond acceptors (Lipinski definition) is 3. The van der Waals surface area contributed by atoms with Crippen molar-refractivity contribution in [1.29, 1.82) is 0 Å². The number of nitrogens with zero attached hydrogens (tertiary/aromatic N) is 2. The van der Waals surface area contributed by atoms with Gasteiger partial charge in [-0.15, -0.1) is 0 Å². The number of aryl methyl sites for hydroxylation is 2. The van der Waals surface area contributed by atoms with Crippen LogP contribution in [0.5, 0.6) is 5.75 Å². The molecule has 0 bridgehead atoms. The number of carboxylic acids is 1. The molecule has 5 heteroatoms. The summed E-state index contributed by atoms with van der Waals surface area (Å²) in [6.07, 6.45) is 0. The van der Waals surface area contributed by atoms with Crippen LogP contribution in [0, 0.1) is 20.8 Å². The number of aromatic nitrogens is 2. The van der Waals surface area contributed by atoms with E-state index in [9.17, 15) is 4.79 Å². The second-order valence-electron chi connectivity index (χ2n) is 4.66. The van der Waals surface area contributed by atoms with Gasteiger partial charge in [0, 0.05) is 5.69 Å². The van der Waals surface area contributed by atoms with Crippen LogP contribution in [-0.4, -0.2) is 27.2 Å². The molecule has 2 aromatic rings. The van der Waals surface area contributed by atoms with Crippen LogP contribution in [0.4, 0.5) is 0 Å². The van der Waals surface area contributed by atoms with Crippen LogP contribution in [0.3, 0.4) is 0 Å². The Bertz CT molecular complexity index is 632. The van der Waals surface area contributed by atoms with Gasteiger partial charge < -0.3 is 14.4 Å². The quantitative estimate of drug-likeness (QED) is 0.910. The molecule has 0 aliphatic heterocycles. The molecule has 0 radical (unpaired) electrons. The second-order valence-corrected chi connectivity index (χ2v) is 4.66. The third kappa shape index (κ3) is 2.99. The molecule has 1 N–H and O–H groups in total. The van der Waals surface area contributed by atoms with Crippen LogP contribution in [0.15, 0.2) is 24.3 Å². The summed E-state index contributed by atoms with van der Waals surface area (Å²) in [5.41, 5.74) is 2.38. The second kappa shape index (κ2) is 5.77. The van der Waals surface area contributed by atoms with Gasteiger partial charge in [0.15, 0.2) is 0 Å². The molecule has 20 heavy (non-hydrogen) atoms. The lowest BCUT2D eigenvalue weighted by molar-refractivity contribution is 0.0696. The van der Waals surface area contributed by atoms with Gasteiger partial charge in [-0.1, -0.05) is 6.07 Å².